The summed E-state index contributed by atoms with van der Waals surface area (Å²) in [5, 5.41) is 9.78. The molecule has 2 aromatic rings. The number of carbonyl (C=O) groups excluding carboxylic acids is 2. The molecule has 27 heavy (non-hydrogen) atoms. The van der Waals surface area contributed by atoms with Gasteiger partial charge in [0.1, 0.15) is 11.6 Å². The number of hydrogen-bond acceptors (Lipinski definition) is 5. The van der Waals surface area contributed by atoms with Gasteiger partial charge in [-0.1, -0.05) is 23.7 Å². The van der Waals surface area contributed by atoms with Crippen molar-refractivity contribution in [2.75, 3.05) is 19.0 Å². The molecule has 0 heterocycles. The number of ketones is 1. The normalized spacial score (nSPS) is 12.0. The van der Waals surface area contributed by atoms with Gasteiger partial charge >= 0.3 is 5.97 Å². The summed E-state index contributed by atoms with van der Waals surface area (Å²) in [7, 11) is 3.84. The fourth-order valence-corrected chi connectivity index (χ4v) is 2.42. The van der Waals surface area contributed by atoms with Crippen LogP contribution in [0.3, 0.4) is 0 Å². The minimum absolute atomic E-state index is 0.177. The Morgan fingerprint density at radius 2 is 1.70 bits per heavy atom. The lowest BCUT2D eigenvalue weighted by Crippen LogP contribution is -2.25. The number of ether oxygens (including phenoxy) is 1. The molecule has 5 nitrogen and oxygen atoms in total. The van der Waals surface area contributed by atoms with E-state index in [9.17, 15) is 14.9 Å². The fourth-order valence-electron chi connectivity index (χ4n) is 2.30. The smallest absolute Gasteiger partial charge is 0.349 e. The third kappa shape index (κ3) is 5.44. The molecule has 0 spiro atoms. The van der Waals surface area contributed by atoms with Gasteiger partial charge in [0.15, 0.2) is 6.10 Å². The van der Waals surface area contributed by atoms with Crippen molar-refractivity contribution in [3.63, 3.8) is 0 Å². The first-order valence-electron chi connectivity index (χ1n) is 8.21. The number of rotatable bonds is 6. The highest BCUT2D eigenvalue weighted by atomic mass is 35.5. The Labute approximate surface area is 163 Å². The Hall–Kier alpha value is -3.10. The van der Waals surface area contributed by atoms with Gasteiger partial charge in [-0.3, -0.25) is 4.79 Å². The molecular formula is C21H19ClN2O3. The SMILES string of the molecule is C[C@H](OC(=O)/C(C#N)=C/c1ccc(N(C)C)cc1)C(=O)c1ccc(Cl)cc1. The molecule has 6 heteroatoms. The van der Waals surface area contributed by atoms with Crippen molar-refractivity contribution < 1.29 is 14.3 Å². The van der Waals surface area contributed by atoms with Crippen LogP contribution in [0, 0.1) is 11.3 Å². The van der Waals surface area contributed by atoms with Crippen LogP contribution in [0.15, 0.2) is 54.1 Å². The van der Waals surface area contributed by atoms with E-state index in [4.69, 9.17) is 16.3 Å². The minimum Gasteiger partial charge on any atom is -0.450 e. The predicted molar refractivity (Wildman–Crippen MR) is 106 cm³/mol. The largest absolute Gasteiger partial charge is 0.450 e. The van der Waals surface area contributed by atoms with Crippen LogP contribution in [0.25, 0.3) is 6.08 Å². The summed E-state index contributed by atoms with van der Waals surface area (Å²) in [4.78, 5) is 26.5. The summed E-state index contributed by atoms with van der Waals surface area (Å²) >= 11 is 5.80. The average Bonchev–Trinajstić information content (AvgIpc) is 2.66. The molecule has 0 N–H and O–H groups in total. The monoisotopic (exact) mass is 382 g/mol. The number of benzene rings is 2. The molecule has 0 aliphatic carbocycles. The molecule has 0 saturated carbocycles. The highest BCUT2D eigenvalue weighted by Crippen LogP contribution is 2.16. The molecule has 0 fully saturated rings. The average molecular weight is 383 g/mol. The van der Waals surface area contributed by atoms with Crippen molar-refractivity contribution >= 4 is 35.1 Å². The third-order valence-electron chi connectivity index (χ3n) is 3.84. The van der Waals surface area contributed by atoms with Gasteiger partial charge in [-0.15, -0.1) is 0 Å². The van der Waals surface area contributed by atoms with E-state index in [2.05, 4.69) is 0 Å². The van der Waals surface area contributed by atoms with Crippen LogP contribution >= 0.6 is 11.6 Å². The predicted octanol–water partition coefficient (Wildman–Crippen LogP) is 4.13. The van der Waals surface area contributed by atoms with E-state index in [1.165, 1.54) is 13.0 Å². The topological polar surface area (TPSA) is 70.4 Å². The van der Waals surface area contributed by atoms with Gasteiger partial charge in [-0.2, -0.15) is 5.26 Å². The number of esters is 1. The van der Waals surface area contributed by atoms with Crippen LogP contribution in [-0.4, -0.2) is 32.0 Å². The lowest BCUT2D eigenvalue weighted by atomic mass is 10.1. The standard InChI is InChI=1S/C21H19ClN2O3/c1-14(20(25)16-6-8-18(22)9-7-16)27-21(26)17(13-23)12-15-4-10-19(11-5-15)24(2)3/h4-12,14H,1-3H3/b17-12+/t14-/m0/s1. The van der Waals surface area contributed by atoms with Crippen molar-refractivity contribution in [1.29, 1.82) is 5.26 Å². The van der Waals surface area contributed by atoms with Gasteiger partial charge in [-0.25, -0.2) is 4.79 Å². The first-order chi connectivity index (χ1) is 12.8. The van der Waals surface area contributed by atoms with Crippen LogP contribution in [0.4, 0.5) is 5.69 Å². The Balaban J connectivity index is 2.10. The summed E-state index contributed by atoms with van der Waals surface area (Å²) in [6, 6.07) is 15.4. The molecule has 0 bridgehead atoms. The number of nitrogens with zero attached hydrogens (tertiary/aromatic N) is 2. The molecule has 0 saturated heterocycles. The zero-order valence-corrected chi connectivity index (χ0v) is 16.0. The zero-order chi connectivity index (χ0) is 20.0. The van der Waals surface area contributed by atoms with E-state index in [0.29, 0.717) is 16.1 Å². The first-order valence-corrected chi connectivity index (χ1v) is 8.59. The second kappa shape index (κ2) is 9.02. The van der Waals surface area contributed by atoms with Gasteiger partial charge in [-0.05, 0) is 55.0 Å². The van der Waals surface area contributed by atoms with Crippen LogP contribution in [0.1, 0.15) is 22.8 Å². The Bertz CT molecular complexity index is 895. The molecule has 2 aromatic carbocycles. The molecule has 1 atom stereocenters. The van der Waals surface area contributed by atoms with Crippen LogP contribution < -0.4 is 4.90 Å². The van der Waals surface area contributed by atoms with E-state index in [1.54, 1.807) is 36.4 Å². The van der Waals surface area contributed by atoms with Gasteiger partial charge in [0, 0.05) is 30.4 Å². The number of carbonyl (C=O) groups is 2. The second-order valence-electron chi connectivity index (χ2n) is 6.07. The summed E-state index contributed by atoms with van der Waals surface area (Å²) in [6.45, 7) is 1.47. The van der Waals surface area contributed by atoms with Gasteiger partial charge in [0.2, 0.25) is 5.78 Å². The maximum Gasteiger partial charge on any atom is 0.349 e. The summed E-state index contributed by atoms with van der Waals surface area (Å²) < 4.78 is 5.16. The highest BCUT2D eigenvalue weighted by molar-refractivity contribution is 6.30. The zero-order valence-electron chi connectivity index (χ0n) is 15.3. The van der Waals surface area contributed by atoms with E-state index in [1.807, 2.05) is 37.2 Å². The lowest BCUT2D eigenvalue weighted by molar-refractivity contribution is -0.141. The van der Waals surface area contributed by atoms with Crippen LogP contribution in [-0.2, 0) is 9.53 Å². The number of nitriles is 1. The van der Waals surface area contributed by atoms with E-state index in [0.717, 1.165) is 5.69 Å². The van der Waals surface area contributed by atoms with Crippen molar-refractivity contribution in [2.45, 2.75) is 13.0 Å². The molecular weight excluding hydrogens is 364 g/mol. The molecule has 0 aromatic heterocycles. The molecule has 0 aliphatic rings. The Kier molecular flexibility index (Phi) is 6.75. The minimum atomic E-state index is -1.02. The Morgan fingerprint density at radius 3 is 2.22 bits per heavy atom. The van der Waals surface area contributed by atoms with Crippen LogP contribution in [0.5, 0.6) is 0 Å². The first kappa shape index (κ1) is 20.2. The molecule has 0 amide bonds. The van der Waals surface area contributed by atoms with Crippen molar-refractivity contribution in [3.8, 4) is 6.07 Å². The van der Waals surface area contributed by atoms with Crippen molar-refractivity contribution in [1.82, 2.24) is 0 Å². The van der Waals surface area contributed by atoms with Gasteiger partial charge in [0.25, 0.3) is 0 Å². The fraction of sp³-hybridized carbons (Fsp3) is 0.190. The van der Waals surface area contributed by atoms with E-state index in [-0.39, 0.29) is 11.4 Å². The summed E-state index contributed by atoms with van der Waals surface area (Å²) in [6.07, 6.45) is 0.410. The quantitative estimate of drug-likeness (QED) is 0.325. The second-order valence-corrected chi connectivity index (χ2v) is 6.51. The maximum absolute atomic E-state index is 12.3. The number of hydrogen-bond donors (Lipinski definition) is 0. The third-order valence-corrected chi connectivity index (χ3v) is 4.09. The maximum atomic E-state index is 12.3. The molecule has 2 rings (SSSR count). The number of halogens is 1. The van der Waals surface area contributed by atoms with E-state index >= 15 is 0 Å². The summed E-state index contributed by atoms with van der Waals surface area (Å²) in [5.74, 6) is -1.21. The van der Waals surface area contributed by atoms with Crippen molar-refractivity contribution in [3.05, 3.63) is 70.3 Å². The van der Waals surface area contributed by atoms with Crippen molar-refractivity contribution in [2.24, 2.45) is 0 Å². The highest BCUT2D eigenvalue weighted by Gasteiger charge is 2.21. The molecule has 0 unspecified atom stereocenters. The summed E-state index contributed by atoms with van der Waals surface area (Å²) in [5.41, 5.74) is 1.88. The van der Waals surface area contributed by atoms with Gasteiger partial charge in [0.05, 0.1) is 0 Å². The van der Waals surface area contributed by atoms with E-state index < -0.39 is 12.1 Å². The molecule has 0 radical (unpaired) electrons. The Morgan fingerprint density at radius 1 is 1.11 bits per heavy atom. The van der Waals surface area contributed by atoms with Crippen LogP contribution in [0.2, 0.25) is 5.02 Å². The molecule has 0 aliphatic heterocycles. The lowest BCUT2D eigenvalue weighted by Gasteiger charge is -2.13. The number of anilines is 1. The number of Topliss-reactive ketones (excluding diaryl/α,β-unsaturated/α-hetero) is 1. The van der Waals surface area contributed by atoms with Gasteiger partial charge < -0.3 is 9.64 Å². The molecule has 138 valence electrons.